The number of phenols is 1. The maximum atomic E-state index is 13.2. The van der Waals surface area contributed by atoms with Gasteiger partial charge >= 0.3 is 6.18 Å². The summed E-state index contributed by atoms with van der Waals surface area (Å²) in [6.45, 7) is 1.77. The second-order valence-corrected chi connectivity index (χ2v) is 8.75. The van der Waals surface area contributed by atoms with Crippen LogP contribution in [0.5, 0.6) is 11.5 Å². The molecule has 2 aromatic rings. The minimum Gasteiger partial charge on any atom is -0.504 e. The van der Waals surface area contributed by atoms with Gasteiger partial charge in [0.25, 0.3) is 0 Å². The number of rotatable bonds is 6. The Hall–Kier alpha value is -2.79. The highest BCUT2D eigenvalue weighted by atomic mass is 79.9. The number of ether oxygens (including phenoxy) is 1. The van der Waals surface area contributed by atoms with Gasteiger partial charge in [0, 0.05) is 30.7 Å². The molecule has 0 radical (unpaired) electrons. The molecule has 1 aliphatic heterocycles. The highest BCUT2D eigenvalue weighted by Crippen LogP contribution is 2.35. The fraction of sp³-hybridized carbons (Fsp3) is 0.391. The first-order valence-corrected chi connectivity index (χ1v) is 11.4. The molecule has 0 atom stereocenters. The van der Waals surface area contributed by atoms with Crippen molar-refractivity contribution < 1.29 is 32.6 Å². The molecule has 34 heavy (non-hydrogen) atoms. The van der Waals surface area contributed by atoms with Crippen molar-refractivity contribution in [2.45, 2.75) is 19.0 Å². The van der Waals surface area contributed by atoms with E-state index in [1.54, 1.807) is 11.0 Å². The number of hydrogen-bond donors (Lipinski definition) is 2. The smallest absolute Gasteiger partial charge is 0.418 e. The number of carbonyl (C=O) groups excluding carboxylic acids is 2. The predicted molar refractivity (Wildman–Crippen MR) is 124 cm³/mol. The van der Waals surface area contributed by atoms with E-state index >= 15 is 0 Å². The minimum absolute atomic E-state index is 0.0351. The quantitative estimate of drug-likeness (QED) is 0.577. The highest BCUT2D eigenvalue weighted by Gasteiger charge is 2.33. The predicted octanol–water partition coefficient (Wildman–Crippen LogP) is 3.90. The largest absolute Gasteiger partial charge is 0.504 e. The number of nitrogens with zero attached hydrogens (tertiary/aromatic N) is 2. The van der Waals surface area contributed by atoms with Crippen molar-refractivity contribution in [3.05, 3.63) is 52.0 Å². The van der Waals surface area contributed by atoms with Gasteiger partial charge in [0.15, 0.2) is 11.5 Å². The Morgan fingerprint density at radius 3 is 2.59 bits per heavy atom. The lowest BCUT2D eigenvalue weighted by atomic mass is 10.1. The van der Waals surface area contributed by atoms with Gasteiger partial charge in [0.2, 0.25) is 11.8 Å². The van der Waals surface area contributed by atoms with Crippen molar-refractivity contribution in [1.29, 1.82) is 0 Å². The standard InChI is InChI=1S/C23H25BrF3N3O4/c1-34-20-11-15(17(24)13-19(20)31)12-22(33)30-8-4-7-29(9-10-30)14-21(32)28-18-6-3-2-5-16(18)23(25,26)27/h2-3,5-6,11,13,31H,4,7-10,12,14H2,1H3,(H,28,32). The zero-order chi connectivity index (χ0) is 24.9. The first kappa shape index (κ1) is 25.8. The average molecular weight is 544 g/mol. The third-order valence-electron chi connectivity index (χ3n) is 5.50. The Labute approximate surface area is 203 Å². The normalized spacial score (nSPS) is 15.0. The molecule has 1 aliphatic rings. The van der Waals surface area contributed by atoms with Crippen molar-refractivity contribution in [3.8, 4) is 11.5 Å². The summed E-state index contributed by atoms with van der Waals surface area (Å²) in [6, 6.07) is 7.92. The molecule has 2 aromatic carbocycles. The van der Waals surface area contributed by atoms with E-state index < -0.39 is 17.6 Å². The van der Waals surface area contributed by atoms with Crippen molar-refractivity contribution in [3.63, 3.8) is 0 Å². The molecule has 1 fully saturated rings. The van der Waals surface area contributed by atoms with Crippen LogP contribution in [0.15, 0.2) is 40.9 Å². The molecular formula is C23H25BrF3N3O4. The number of methoxy groups -OCH3 is 1. The van der Waals surface area contributed by atoms with Crippen LogP contribution in [0, 0.1) is 0 Å². The van der Waals surface area contributed by atoms with Crippen LogP contribution < -0.4 is 10.1 Å². The Balaban J connectivity index is 1.56. The van der Waals surface area contributed by atoms with Gasteiger partial charge in [-0.15, -0.1) is 0 Å². The van der Waals surface area contributed by atoms with Crippen molar-refractivity contribution in [1.82, 2.24) is 9.80 Å². The number of amides is 2. The lowest BCUT2D eigenvalue weighted by Crippen LogP contribution is -2.38. The number of halogens is 4. The van der Waals surface area contributed by atoms with Gasteiger partial charge in [-0.2, -0.15) is 13.2 Å². The van der Waals surface area contributed by atoms with E-state index in [1.165, 1.54) is 31.4 Å². The fourth-order valence-corrected chi connectivity index (χ4v) is 4.24. The van der Waals surface area contributed by atoms with Crippen molar-refractivity contribution >= 4 is 33.4 Å². The molecule has 3 rings (SSSR count). The number of nitrogens with one attached hydrogen (secondary N) is 1. The molecule has 0 bridgehead atoms. The van der Waals surface area contributed by atoms with Crippen molar-refractivity contribution in [2.75, 3.05) is 45.2 Å². The van der Waals surface area contributed by atoms with E-state index in [2.05, 4.69) is 21.2 Å². The summed E-state index contributed by atoms with van der Waals surface area (Å²) in [6.07, 6.45) is -3.84. The van der Waals surface area contributed by atoms with Crippen LogP contribution in [0.1, 0.15) is 17.5 Å². The SMILES string of the molecule is COc1cc(CC(=O)N2CCCN(CC(=O)Nc3ccccc3C(F)(F)F)CC2)c(Br)cc1O. The molecule has 0 spiro atoms. The molecule has 11 heteroatoms. The van der Waals surface area contributed by atoms with E-state index in [0.717, 1.165) is 6.07 Å². The lowest BCUT2D eigenvalue weighted by Gasteiger charge is -2.22. The topological polar surface area (TPSA) is 82.1 Å². The third kappa shape index (κ3) is 6.63. The maximum absolute atomic E-state index is 13.2. The van der Waals surface area contributed by atoms with Gasteiger partial charge in [-0.3, -0.25) is 14.5 Å². The lowest BCUT2D eigenvalue weighted by molar-refractivity contribution is -0.137. The molecule has 2 N–H and O–H groups in total. The monoisotopic (exact) mass is 543 g/mol. The summed E-state index contributed by atoms with van der Waals surface area (Å²) >= 11 is 3.35. The number of aromatic hydroxyl groups is 1. The number of phenolic OH excluding ortho intramolecular Hbond substituents is 1. The van der Waals surface area contributed by atoms with Crippen LogP contribution in [0.25, 0.3) is 0 Å². The number of carbonyl (C=O) groups is 2. The van der Waals surface area contributed by atoms with E-state index in [4.69, 9.17) is 4.74 Å². The molecule has 0 unspecified atom stereocenters. The van der Waals surface area contributed by atoms with E-state index in [1.807, 2.05) is 4.90 Å². The first-order chi connectivity index (χ1) is 16.1. The van der Waals surface area contributed by atoms with Crippen LogP contribution in [0.3, 0.4) is 0 Å². The number of anilines is 1. The maximum Gasteiger partial charge on any atom is 0.418 e. The number of alkyl halides is 3. The number of para-hydroxylation sites is 1. The molecule has 184 valence electrons. The zero-order valence-corrected chi connectivity index (χ0v) is 20.1. The molecule has 1 heterocycles. The van der Waals surface area contributed by atoms with E-state index in [9.17, 15) is 27.9 Å². The van der Waals surface area contributed by atoms with Gasteiger partial charge < -0.3 is 20.1 Å². The Morgan fingerprint density at radius 2 is 1.88 bits per heavy atom. The summed E-state index contributed by atoms with van der Waals surface area (Å²) in [7, 11) is 1.43. The number of benzene rings is 2. The van der Waals surface area contributed by atoms with Gasteiger partial charge in [-0.1, -0.05) is 28.1 Å². The molecule has 1 saturated heterocycles. The fourth-order valence-electron chi connectivity index (χ4n) is 3.77. The van der Waals surface area contributed by atoms with Crippen LogP contribution in [-0.2, 0) is 22.2 Å². The second-order valence-electron chi connectivity index (χ2n) is 7.89. The Morgan fingerprint density at radius 1 is 1.15 bits per heavy atom. The Bertz CT molecular complexity index is 1050. The van der Waals surface area contributed by atoms with Crippen LogP contribution in [0.4, 0.5) is 18.9 Å². The summed E-state index contributed by atoms with van der Waals surface area (Å²) in [5.41, 5.74) is -0.502. The summed E-state index contributed by atoms with van der Waals surface area (Å²) in [5, 5.41) is 12.2. The zero-order valence-electron chi connectivity index (χ0n) is 18.5. The first-order valence-electron chi connectivity index (χ1n) is 10.6. The molecule has 7 nitrogen and oxygen atoms in total. The average Bonchev–Trinajstić information content (AvgIpc) is 3.00. The number of hydrogen-bond acceptors (Lipinski definition) is 5. The molecular weight excluding hydrogens is 519 g/mol. The Kier molecular flexibility index (Phi) is 8.42. The summed E-state index contributed by atoms with van der Waals surface area (Å²) < 4.78 is 45.1. The van der Waals surface area contributed by atoms with Gasteiger partial charge in [-0.25, -0.2) is 0 Å². The van der Waals surface area contributed by atoms with Gasteiger partial charge in [0.05, 0.1) is 31.3 Å². The van der Waals surface area contributed by atoms with Crippen LogP contribution in [0.2, 0.25) is 0 Å². The molecule has 0 saturated carbocycles. The van der Waals surface area contributed by atoms with Crippen LogP contribution >= 0.6 is 15.9 Å². The van der Waals surface area contributed by atoms with Gasteiger partial charge in [-0.05, 0) is 36.2 Å². The summed E-state index contributed by atoms with van der Waals surface area (Å²) in [4.78, 5) is 28.8. The van der Waals surface area contributed by atoms with Gasteiger partial charge in [0.1, 0.15) is 0 Å². The molecule has 2 amide bonds. The molecule has 0 aliphatic carbocycles. The van der Waals surface area contributed by atoms with E-state index in [-0.39, 0.29) is 36.1 Å². The molecule has 0 aromatic heterocycles. The highest BCUT2D eigenvalue weighted by molar-refractivity contribution is 9.10. The third-order valence-corrected chi connectivity index (χ3v) is 6.24. The van der Waals surface area contributed by atoms with E-state index in [0.29, 0.717) is 42.6 Å². The van der Waals surface area contributed by atoms with Crippen LogP contribution in [-0.4, -0.2) is 66.6 Å². The minimum atomic E-state index is -4.57. The van der Waals surface area contributed by atoms with Crippen molar-refractivity contribution in [2.24, 2.45) is 0 Å². The summed E-state index contributed by atoms with van der Waals surface area (Å²) in [5.74, 6) is -0.422. The second kappa shape index (κ2) is 11.1.